The van der Waals surface area contributed by atoms with E-state index in [0.29, 0.717) is 16.5 Å². The predicted molar refractivity (Wildman–Crippen MR) is 60.7 cm³/mol. The van der Waals surface area contributed by atoms with Gasteiger partial charge >= 0.3 is 5.97 Å². The second-order valence-corrected chi connectivity index (χ2v) is 5.54. The smallest absolute Gasteiger partial charge is 0.315 e. The Bertz CT molecular complexity index is 435. The summed E-state index contributed by atoms with van der Waals surface area (Å²) >= 11 is 6.35. The van der Waals surface area contributed by atoms with E-state index in [2.05, 4.69) is 31.9 Å². The lowest BCUT2D eigenvalue weighted by Gasteiger charge is -2.11. The first-order chi connectivity index (χ1) is 6.98. The molecule has 0 radical (unpaired) electrons. The second-order valence-electron chi connectivity index (χ2n) is 3.58. The Morgan fingerprint density at radius 2 is 2.20 bits per heavy atom. The molecular formula is C10H7Br2FO2. The van der Waals surface area contributed by atoms with Crippen molar-refractivity contribution in [3.8, 4) is 0 Å². The lowest BCUT2D eigenvalue weighted by Crippen LogP contribution is -2.22. The van der Waals surface area contributed by atoms with Crippen molar-refractivity contribution in [2.75, 3.05) is 0 Å². The highest BCUT2D eigenvalue weighted by Gasteiger charge is 2.60. The van der Waals surface area contributed by atoms with Gasteiger partial charge < -0.3 is 5.11 Å². The summed E-state index contributed by atoms with van der Waals surface area (Å²) in [7, 11) is 0. The van der Waals surface area contributed by atoms with Crippen LogP contribution in [0.3, 0.4) is 0 Å². The van der Waals surface area contributed by atoms with E-state index in [-0.39, 0.29) is 10.6 Å². The van der Waals surface area contributed by atoms with E-state index >= 15 is 0 Å². The van der Waals surface area contributed by atoms with Crippen molar-refractivity contribution < 1.29 is 14.3 Å². The molecule has 2 atom stereocenters. The highest BCUT2D eigenvalue weighted by atomic mass is 79.9. The summed E-state index contributed by atoms with van der Waals surface area (Å²) in [6, 6.07) is 4.34. The number of carbonyl (C=O) groups is 1. The van der Waals surface area contributed by atoms with Crippen LogP contribution in [0.4, 0.5) is 4.39 Å². The van der Waals surface area contributed by atoms with Gasteiger partial charge in [-0.3, -0.25) is 4.79 Å². The number of halogens is 3. The molecule has 1 aliphatic carbocycles. The number of benzene rings is 1. The number of carboxylic acid groups (broad SMARTS) is 1. The van der Waals surface area contributed by atoms with Crippen LogP contribution in [0.15, 0.2) is 22.7 Å². The molecule has 0 bridgehead atoms. The molecule has 0 amide bonds. The number of hydrogen-bond donors (Lipinski definition) is 1. The van der Waals surface area contributed by atoms with E-state index in [1.807, 2.05) is 0 Å². The highest BCUT2D eigenvalue weighted by Crippen LogP contribution is 2.53. The Hall–Kier alpha value is -0.420. The molecular weight excluding hydrogens is 331 g/mol. The average molecular weight is 338 g/mol. The quantitative estimate of drug-likeness (QED) is 0.842. The SMILES string of the molecule is O=C(O)C1(c2ccc(F)c(Br)c2)CC1Br. The Morgan fingerprint density at radius 3 is 2.60 bits per heavy atom. The van der Waals surface area contributed by atoms with Gasteiger partial charge in [0.05, 0.1) is 4.47 Å². The van der Waals surface area contributed by atoms with Crippen molar-refractivity contribution in [3.63, 3.8) is 0 Å². The minimum atomic E-state index is -0.879. The molecule has 1 aromatic carbocycles. The van der Waals surface area contributed by atoms with Gasteiger partial charge in [-0.15, -0.1) is 0 Å². The number of aliphatic carboxylic acids is 1. The third kappa shape index (κ3) is 1.61. The summed E-state index contributed by atoms with van der Waals surface area (Å²) in [5.74, 6) is -1.26. The van der Waals surface area contributed by atoms with Gasteiger partial charge in [-0.2, -0.15) is 0 Å². The van der Waals surface area contributed by atoms with E-state index in [1.165, 1.54) is 18.2 Å². The fourth-order valence-corrected chi connectivity index (χ4v) is 2.99. The first-order valence-electron chi connectivity index (χ1n) is 4.31. The van der Waals surface area contributed by atoms with Gasteiger partial charge in [0.15, 0.2) is 0 Å². The van der Waals surface area contributed by atoms with E-state index in [9.17, 15) is 9.18 Å². The van der Waals surface area contributed by atoms with Gasteiger partial charge in [0.1, 0.15) is 11.2 Å². The summed E-state index contributed by atoms with van der Waals surface area (Å²) in [5.41, 5.74) is -0.249. The van der Waals surface area contributed by atoms with Gasteiger partial charge in [0.2, 0.25) is 0 Å². The maximum Gasteiger partial charge on any atom is 0.315 e. The van der Waals surface area contributed by atoms with Crippen molar-refractivity contribution >= 4 is 37.8 Å². The van der Waals surface area contributed by atoms with Gasteiger partial charge in [-0.1, -0.05) is 22.0 Å². The van der Waals surface area contributed by atoms with Crippen LogP contribution in [0.2, 0.25) is 0 Å². The van der Waals surface area contributed by atoms with Crippen LogP contribution in [0, 0.1) is 5.82 Å². The molecule has 1 aromatic rings. The number of carboxylic acids is 1. The zero-order valence-electron chi connectivity index (χ0n) is 7.51. The van der Waals surface area contributed by atoms with Crippen LogP contribution in [-0.4, -0.2) is 15.9 Å². The Kier molecular flexibility index (Phi) is 2.63. The van der Waals surface area contributed by atoms with Crippen molar-refractivity contribution in [2.24, 2.45) is 0 Å². The van der Waals surface area contributed by atoms with E-state index in [4.69, 9.17) is 5.11 Å². The van der Waals surface area contributed by atoms with E-state index in [1.54, 1.807) is 0 Å². The van der Waals surface area contributed by atoms with Gasteiger partial charge in [-0.25, -0.2) is 4.39 Å². The van der Waals surface area contributed by atoms with E-state index < -0.39 is 11.4 Å². The zero-order chi connectivity index (χ0) is 11.2. The molecule has 0 heterocycles. The minimum Gasteiger partial charge on any atom is -0.481 e. The van der Waals surface area contributed by atoms with Crippen molar-refractivity contribution in [1.82, 2.24) is 0 Å². The minimum absolute atomic E-state index is 0.0696. The summed E-state index contributed by atoms with van der Waals surface area (Å²) in [6.07, 6.45) is 0.542. The van der Waals surface area contributed by atoms with Gasteiger partial charge in [-0.05, 0) is 40.0 Å². The lowest BCUT2D eigenvalue weighted by atomic mass is 9.96. The average Bonchev–Trinajstić information content (AvgIpc) is 2.84. The van der Waals surface area contributed by atoms with Crippen LogP contribution in [-0.2, 0) is 10.2 Å². The van der Waals surface area contributed by atoms with Crippen LogP contribution < -0.4 is 0 Å². The normalized spacial score (nSPS) is 28.9. The fraction of sp³-hybridized carbons (Fsp3) is 0.300. The molecule has 1 N–H and O–H groups in total. The third-order valence-corrected chi connectivity index (χ3v) is 4.41. The number of alkyl halides is 1. The summed E-state index contributed by atoms with van der Waals surface area (Å²) in [6.45, 7) is 0. The largest absolute Gasteiger partial charge is 0.481 e. The van der Waals surface area contributed by atoms with Crippen LogP contribution in [0.25, 0.3) is 0 Å². The molecule has 1 aliphatic rings. The van der Waals surface area contributed by atoms with Crippen molar-refractivity contribution in [1.29, 1.82) is 0 Å². The molecule has 2 unspecified atom stereocenters. The lowest BCUT2D eigenvalue weighted by molar-refractivity contribution is -0.139. The predicted octanol–water partition coefficient (Wildman–Crippen LogP) is 3.08. The molecule has 0 saturated heterocycles. The van der Waals surface area contributed by atoms with Crippen LogP contribution >= 0.6 is 31.9 Å². The molecule has 80 valence electrons. The Balaban J connectivity index is 2.46. The molecule has 0 aromatic heterocycles. The second kappa shape index (κ2) is 3.56. The van der Waals surface area contributed by atoms with Gasteiger partial charge in [0, 0.05) is 4.83 Å². The highest BCUT2D eigenvalue weighted by molar-refractivity contribution is 9.10. The standard InChI is InChI=1S/C10H7Br2FO2/c11-6-3-5(1-2-7(6)13)10(9(14)15)4-8(10)12/h1-3,8H,4H2,(H,14,15). The number of hydrogen-bond acceptors (Lipinski definition) is 1. The van der Waals surface area contributed by atoms with Crippen LogP contribution in [0.5, 0.6) is 0 Å². The first kappa shape index (κ1) is 11.1. The molecule has 0 spiro atoms. The maximum absolute atomic E-state index is 13.0. The molecule has 1 fully saturated rings. The summed E-state index contributed by atoms with van der Waals surface area (Å²) in [4.78, 5) is 11.1. The molecule has 15 heavy (non-hydrogen) atoms. The Labute approximate surface area is 103 Å². The molecule has 1 saturated carbocycles. The number of rotatable bonds is 2. The topological polar surface area (TPSA) is 37.3 Å². The van der Waals surface area contributed by atoms with Crippen molar-refractivity contribution in [2.45, 2.75) is 16.7 Å². The van der Waals surface area contributed by atoms with E-state index in [0.717, 1.165) is 0 Å². The fourth-order valence-electron chi connectivity index (χ4n) is 1.64. The maximum atomic E-state index is 13.0. The van der Waals surface area contributed by atoms with Crippen LogP contribution in [0.1, 0.15) is 12.0 Å². The Morgan fingerprint density at radius 1 is 1.60 bits per heavy atom. The zero-order valence-corrected chi connectivity index (χ0v) is 10.7. The summed E-state index contributed by atoms with van der Waals surface area (Å²) in [5, 5.41) is 9.15. The molecule has 2 nitrogen and oxygen atoms in total. The van der Waals surface area contributed by atoms with Crippen molar-refractivity contribution in [3.05, 3.63) is 34.1 Å². The molecule has 5 heteroatoms. The third-order valence-electron chi connectivity index (χ3n) is 2.69. The molecule has 2 rings (SSSR count). The summed E-state index contributed by atoms with van der Waals surface area (Å²) < 4.78 is 13.3. The van der Waals surface area contributed by atoms with Gasteiger partial charge in [0.25, 0.3) is 0 Å². The monoisotopic (exact) mass is 336 g/mol. The first-order valence-corrected chi connectivity index (χ1v) is 6.02. The molecule has 0 aliphatic heterocycles.